The molecule has 3 aromatic carbocycles. The standard InChI is InChI=1S/C21H19N5O2/c1-12-9-15(11-16(27)10-12)24-21(28)23-14-7-5-13(6-8-14)17-3-2-4-18-19(17)20(22)26-25-18/h2-11,27H,1H3,(H3,22,25,26)(H2,23,24,28). The Bertz CT molecular complexity index is 1150. The molecular weight excluding hydrogens is 354 g/mol. The highest BCUT2D eigenvalue weighted by atomic mass is 16.3. The van der Waals surface area contributed by atoms with Crippen molar-refractivity contribution >= 4 is 34.1 Å². The number of fused-ring (bicyclic) bond motifs is 1. The number of nitrogens with one attached hydrogen (secondary N) is 3. The Labute approximate surface area is 161 Å². The normalized spacial score (nSPS) is 10.8. The molecule has 1 aromatic heterocycles. The second kappa shape index (κ2) is 6.96. The highest BCUT2D eigenvalue weighted by molar-refractivity contribution is 6.02. The number of nitrogens with two attached hydrogens (primary N) is 1. The van der Waals surface area contributed by atoms with E-state index in [4.69, 9.17) is 5.73 Å². The molecule has 7 nitrogen and oxygen atoms in total. The Hall–Kier alpha value is -4.00. The van der Waals surface area contributed by atoms with E-state index in [-0.39, 0.29) is 11.8 Å². The third-order valence-corrected chi connectivity index (χ3v) is 4.39. The molecule has 4 rings (SSSR count). The molecule has 0 spiro atoms. The number of urea groups is 1. The summed E-state index contributed by atoms with van der Waals surface area (Å²) < 4.78 is 0. The van der Waals surface area contributed by atoms with Gasteiger partial charge in [0.2, 0.25) is 0 Å². The van der Waals surface area contributed by atoms with E-state index in [0.29, 0.717) is 17.2 Å². The number of hydrogen-bond acceptors (Lipinski definition) is 4. The maximum absolute atomic E-state index is 12.2. The second-order valence-electron chi connectivity index (χ2n) is 6.55. The Kier molecular flexibility index (Phi) is 4.33. The summed E-state index contributed by atoms with van der Waals surface area (Å²) in [6.45, 7) is 1.84. The van der Waals surface area contributed by atoms with E-state index in [2.05, 4.69) is 20.8 Å². The quantitative estimate of drug-likeness (QED) is 0.364. The van der Waals surface area contributed by atoms with Crippen molar-refractivity contribution in [2.24, 2.45) is 0 Å². The summed E-state index contributed by atoms with van der Waals surface area (Å²) in [4.78, 5) is 12.2. The number of benzene rings is 3. The number of aromatic hydroxyl groups is 1. The van der Waals surface area contributed by atoms with Gasteiger partial charge in [-0.15, -0.1) is 0 Å². The van der Waals surface area contributed by atoms with Crippen LogP contribution in [-0.4, -0.2) is 21.3 Å². The number of hydrogen-bond donors (Lipinski definition) is 5. The molecular formula is C21H19N5O2. The minimum absolute atomic E-state index is 0.104. The Morgan fingerprint density at radius 2 is 1.79 bits per heavy atom. The number of phenolic OH excluding ortho intramolecular Hbond substituents is 1. The summed E-state index contributed by atoms with van der Waals surface area (Å²) in [7, 11) is 0. The highest BCUT2D eigenvalue weighted by Gasteiger charge is 2.10. The van der Waals surface area contributed by atoms with Gasteiger partial charge < -0.3 is 21.5 Å². The van der Waals surface area contributed by atoms with Gasteiger partial charge in [0.05, 0.1) is 10.9 Å². The topological polar surface area (TPSA) is 116 Å². The van der Waals surface area contributed by atoms with Gasteiger partial charge in [-0.2, -0.15) is 5.10 Å². The van der Waals surface area contributed by atoms with Crippen molar-refractivity contribution < 1.29 is 9.90 Å². The van der Waals surface area contributed by atoms with Gasteiger partial charge in [0.25, 0.3) is 0 Å². The SMILES string of the molecule is Cc1cc(O)cc(NC(=O)Nc2ccc(-c3cccc4[nH]nc(N)c34)cc2)c1. The van der Waals surface area contributed by atoms with Crippen molar-refractivity contribution in [3.05, 3.63) is 66.2 Å². The average Bonchev–Trinajstić information content (AvgIpc) is 3.03. The second-order valence-corrected chi connectivity index (χ2v) is 6.55. The van der Waals surface area contributed by atoms with Crippen molar-refractivity contribution in [2.75, 3.05) is 16.4 Å². The molecule has 0 atom stereocenters. The molecule has 2 amide bonds. The fourth-order valence-electron chi connectivity index (χ4n) is 3.20. The molecule has 0 saturated carbocycles. The lowest BCUT2D eigenvalue weighted by molar-refractivity contribution is 0.262. The number of nitrogen functional groups attached to an aromatic ring is 1. The van der Waals surface area contributed by atoms with E-state index in [1.807, 2.05) is 49.4 Å². The minimum Gasteiger partial charge on any atom is -0.508 e. The lowest BCUT2D eigenvalue weighted by Crippen LogP contribution is -2.19. The number of aromatic nitrogens is 2. The molecule has 28 heavy (non-hydrogen) atoms. The van der Waals surface area contributed by atoms with Gasteiger partial charge in [-0.1, -0.05) is 24.3 Å². The number of phenols is 1. The van der Waals surface area contributed by atoms with Crippen molar-refractivity contribution in [3.8, 4) is 16.9 Å². The first-order valence-electron chi connectivity index (χ1n) is 8.71. The summed E-state index contributed by atoms with van der Waals surface area (Å²) in [5, 5.41) is 23.0. The Morgan fingerprint density at radius 3 is 2.54 bits per heavy atom. The van der Waals surface area contributed by atoms with Crippen LogP contribution in [0.5, 0.6) is 5.75 Å². The van der Waals surface area contributed by atoms with Crippen LogP contribution in [0.2, 0.25) is 0 Å². The minimum atomic E-state index is -0.390. The Morgan fingerprint density at radius 1 is 1.04 bits per heavy atom. The number of aromatic amines is 1. The third-order valence-electron chi connectivity index (χ3n) is 4.39. The number of carbonyl (C=O) groups excluding carboxylic acids is 1. The van der Waals surface area contributed by atoms with Gasteiger partial charge in [-0.25, -0.2) is 4.79 Å². The number of aryl methyl sites for hydroxylation is 1. The monoisotopic (exact) mass is 373 g/mol. The molecule has 4 aromatic rings. The van der Waals surface area contributed by atoms with Crippen LogP contribution in [0.3, 0.4) is 0 Å². The lowest BCUT2D eigenvalue weighted by atomic mass is 10.0. The van der Waals surface area contributed by atoms with E-state index in [1.165, 1.54) is 6.07 Å². The van der Waals surface area contributed by atoms with Crippen molar-refractivity contribution in [1.29, 1.82) is 0 Å². The largest absolute Gasteiger partial charge is 0.508 e. The molecule has 0 aliphatic heterocycles. The molecule has 0 radical (unpaired) electrons. The average molecular weight is 373 g/mol. The molecule has 6 N–H and O–H groups in total. The number of carbonyl (C=O) groups is 1. The van der Waals surface area contributed by atoms with Crippen LogP contribution in [0.1, 0.15) is 5.56 Å². The van der Waals surface area contributed by atoms with Crippen molar-refractivity contribution in [2.45, 2.75) is 6.92 Å². The molecule has 0 aliphatic rings. The smallest absolute Gasteiger partial charge is 0.323 e. The van der Waals surface area contributed by atoms with Gasteiger partial charge >= 0.3 is 6.03 Å². The fourth-order valence-corrected chi connectivity index (χ4v) is 3.20. The molecule has 1 heterocycles. The van der Waals surface area contributed by atoms with Crippen LogP contribution >= 0.6 is 0 Å². The van der Waals surface area contributed by atoms with Gasteiger partial charge in [0, 0.05) is 17.4 Å². The van der Waals surface area contributed by atoms with Crippen LogP contribution in [0.4, 0.5) is 22.0 Å². The summed E-state index contributed by atoms with van der Waals surface area (Å²) in [6, 6.07) is 17.8. The molecule has 0 unspecified atom stereocenters. The molecule has 0 fully saturated rings. The zero-order valence-corrected chi connectivity index (χ0v) is 15.2. The lowest BCUT2D eigenvalue weighted by Gasteiger charge is -2.10. The first-order chi connectivity index (χ1) is 13.5. The van der Waals surface area contributed by atoms with E-state index < -0.39 is 0 Å². The van der Waals surface area contributed by atoms with Crippen molar-refractivity contribution in [1.82, 2.24) is 10.2 Å². The summed E-state index contributed by atoms with van der Waals surface area (Å²) >= 11 is 0. The van der Waals surface area contributed by atoms with E-state index >= 15 is 0 Å². The van der Waals surface area contributed by atoms with E-state index in [9.17, 15) is 9.90 Å². The zero-order chi connectivity index (χ0) is 19.7. The highest BCUT2D eigenvalue weighted by Crippen LogP contribution is 2.31. The molecule has 140 valence electrons. The number of H-pyrrole nitrogens is 1. The van der Waals surface area contributed by atoms with Crippen LogP contribution in [0.15, 0.2) is 60.7 Å². The van der Waals surface area contributed by atoms with E-state index in [1.54, 1.807) is 12.1 Å². The Balaban J connectivity index is 1.51. The van der Waals surface area contributed by atoms with Crippen LogP contribution in [0.25, 0.3) is 22.0 Å². The maximum Gasteiger partial charge on any atom is 0.323 e. The zero-order valence-electron chi connectivity index (χ0n) is 15.2. The molecule has 7 heteroatoms. The van der Waals surface area contributed by atoms with Crippen molar-refractivity contribution in [3.63, 3.8) is 0 Å². The number of nitrogens with zero attached hydrogens (tertiary/aromatic N) is 1. The first-order valence-corrected chi connectivity index (χ1v) is 8.71. The fraction of sp³-hybridized carbons (Fsp3) is 0.0476. The summed E-state index contributed by atoms with van der Waals surface area (Å²) in [6.07, 6.45) is 0. The number of anilines is 3. The van der Waals surface area contributed by atoms with Crippen LogP contribution < -0.4 is 16.4 Å². The first kappa shape index (κ1) is 17.4. The summed E-state index contributed by atoms with van der Waals surface area (Å²) in [5.74, 6) is 0.556. The predicted molar refractivity (Wildman–Crippen MR) is 111 cm³/mol. The number of rotatable bonds is 3. The van der Waals surface area contributed by atoms with Crippen LogP contribution in [0, 0.1) is 6.92 Å². The maximum atomic E-state index is 12.2. The van der Waals surface area contributed by atoms with Gasteiger partial charge in [-0.3, -0.25) is 5.10 Å². The molecule has 0 aliphatic carbocycles. The molecule has 0 bridgehead atoms. The van der Waals surface area contributed by atoms with Gasteiger partial charge in [-0.05, 0) is 53.9 Å². The number of amides is 2. The predicted octanol–water partition coefficient (Wildman–Crippen LogP) is 4.47. The third kappa shape index (κ3) is 3.45. The summed E-state index contributed by atoms with van der Waals surface area (Å²) in [5.41, 5.74) is 10.8. The van der Waals surface area contributed by atoms with E-state index in [0.717, 1.165) is 27.6 Å². The van der Waals surface area contributed by atoms with Gasteiger partial charge in [0.1, 0.15) is 5.75 Å². The van der Waals surface area contributed by atoms with Crippen LogP contribution in [-0.2, 0) is 0 Å². The molecule has 0 saturated heterocycles. The van der Waals surface area contributed by atoms with Gasteiger partial charge in [0.15, 0.2) is 5.82 Å².